The lowest BCUT2D eigenvalue weighted by molar-refractivity contribution is -0.136. The van der Waals surface area contributed by atoms with Crippen molar-refractivity contribution in [2.24, 2.45) is 5.92 Å². The first kappa shape index (κ1) is 24.5. The van der Waals surface area contributed by atoms with Gasteiger partial charge < -0.3 is 19.4 Å². The summed E-state index contributed by atoms with van der Waals surface area (Å²) in [7, 11) is 0. The molecule has 0 bridgehead atoms. The van der Waals surface area contributed by atoms with Crippen LogP contribution in [-0.4, -0.2) is 96.0 Å². The number of anilines is 1. The predicted octanol–water partition coefficient (Wildman–Crippen LogP) is 1.44. The zero-order valence-electron chi connectivity index (χ0n) is 21.3. The Labute approximate surface area is 211 Å². The third-order valence-electron chi connectivity index (χ3n) is 7.37. The number of likely N-dealkylation sites (tertiary alicyclic amines) is 1. The number of hydrogen-bond acceptors (Lipinski definition) is 7. The molecule has 4 amide bonds. The summed E-state index contributed by atoms with van der Waals surface area (Å²) in [6, 6.07) is 5.34. The number of imide groups is 1. The monoisotopic (exact) mass is 497 g/mol. The molecule has 4 heterocycles. The molecule has 0 spiro atoms. The van der Waals surface area contributed by atoms with E-state index in [0.717, 1.165) is 57.1 Å². The summed E-state index contributed by atoms with van der Waals surface area (Å²) in [4.78, 5) is 57.0. The summed E-state index contributed by atoms with van der Waals surface area (Å²) in [5.74, 6) is -0.325. The lowest BCUT2D eigenvalue weighted by Gasteiger charge is -2.44. The van der Waals surface area contributed by atoms with Gasteiger partial charge in [0.2, 0.25) is 11.8 Å². The highest BCUT2D eigenvalue weighted by Gasteiger charge is 2.39. The van der Waals surface area contributed by atoms with E-state index < -0.39 is 11.6 Å². The molecule has 0 radical (unpaired) electrons. The van der Waals surface area contributed by atoms with E-state index in [9.17, 15) is 19.2 Å². The van der Waals surface area contributed by atoms with E-state index in [0.29, 0.717) is 24.4 Å². The fourth-order valence-corrected chi connectivity index (χ4v) is 5.47. The van der Waals surface area contributed by atoms with Gasteiger partial charge >= 0.3 is 6.09 Å². The molecule has 1 aromatic rings. The van der Waals surface area contributed by atoms with Crippen LogP contribution in [0.15, 0.2) is 18.2 Å². The van der Waals surface area contributed by atoms with E-state index >= 15 is 0 Å². The second-order valence-electron chi connectivity index (χ2n) is 11.3. The molecule has 3 saturated heterocycles. The lowest BCUT2D eigenvalue weighted by Crippen LogP contribution is -2.57. The Bertz CT molecular complexity index is 1070. The van der Waals surface area contributed by atoms with Crippen molar-refractivity contribution in [1.29, 1.82) is 0 Å². The molecule has 1 unspecified atom stereocenters. The van der Waals surface area contributed by atoms with Crippen molar-refractivity contribution < 1.29 is 23.9 Å². The maximum absolute atomic E-state index is 12.9. The molecular weight excluding hydrogens is 462 g/mol. The van der Waals surface area contributed by atoms with E-state index in [-0.39, 0.29) is 30.2 Å². The fourth-order valence-electron chi connectivity index (χ4n) is 5.47. The first-order chi connectivity index (χ1) is 17.1. The van der Waals surface area contributed by atoms with Gasteiger partial charge in [-0.15, -0.1) is 0 Å². The van der Waals surface area contributed by atoms with Gasteiger partial charge in [0.1, 0.15) is 11.6 Å². The third-order valence-corrected chi connectivity index (χ3v) is 7.37. The summed E-state index contributed by atoms with van der Waals surface area (Å²) in [5.41, 5.74) is 2.20. The normalized spacial score (nSPS) is 23.5. The highest BCUT2D eigenvalue weighted by Crippen LogP contribution is 2.31. The minimum atomic E-state index is -0.590. The number of amides is 4. The third kappa shape index (κ3) is 5.04. The lowest BCUT2D eigenvalue weighted by atomic mass is 9.99. The number of nitrogens with zero attached hydrogens (tertiary/aromatic N) is 4. The van der Waals surface area contributed by atoms with Gasteiger partial charge in [-0.05, 0) is 51.0 Å². The molecule has 194 valence electrons. The minimum Gasteiger partial charge on any atom is -0.444 e. The van der Waals surface area contributed by atoms with Crippen LogP contribution in [0.3, 0.4) is 0 Å². The maximum Gasteiger partial charge on any atom is 0.410 e. The summed E-state index contributed by atoms with van der Waals surface area (Å²) in [5, 5.41) is 2.35. The Morgan fingerprint density at radius 3 is 2.47 bits per heavy atom. The Hall–Kier alpha value is -3.14. The zero-order valence-corrected chi connectivity index (χ0v) is 21.3. The number of rotatable bonds is 4. The van der Waals surface area contributed by atoms with Crippen molar-refractivity contribution in [2.75, 3.05) is 50.7 Å². The molecule has 4 aliphatic heterocycles. The molecule has 4 aliphatic rings. The number of piperidine rings is 1. The van der Waals surface area contributed by atoms with Gasteiger partial charge in [0.05, 0.1) is 0 Å². The number of piperazine rings is 1. The molecule has 0 saturated carbocycles. The van der Waals surface area contributed by atoms with Gasteiger partial charge in [-0.2, -0.15) is 0 Å². The number of ether oxygens (including phenoxy) is 1. The highest BCUT2D eigenvalue weighted by molar-refractivity contribution is 6.05. The van der Waals surface area contributed by atoms with Crippen LogP contribution in [0, 0.1) is 5.92 Å². The van der Waals surface area contributed by atoms with Crippen molar-refractivity contribution in [3.8, 4) is 0 Å². The van der Waals surface area contributed by atoms with Crippen LogP contribution in [0.5, 0.6) is 0 Å². The number of nitrogens with one attached hydrogen (secondary N) is 1. The molecule has 0 aliphatic carbocycles. The van der Waals surface area contributed by atoms with Crippen LogP contribution < -0.4 is 10.2 Å². The van der Waals surface area contributed by atoms with Crippen molar-refractivity contribution in [3.05, 3.63) is 29.3 Å². The van der Waals surface area contributed by atoms with Crippen LogP contribution in [0.4, 0.5) is 10.5 Å². The number of fused-ring (bicyclic) bond motifs is 1. The molecule has 10 heteroatoms. The summed E-state index contributed by atoms with van der Waals surface area (Å²) in [6.45, 7) is 12.2. The van der Waals surface area contributed by atoms with Crippen molar-refractivity contribution >= 4 is 29.5 Å². The van der Waals surface area contributed by atoms with E-state index in [4.69, 9.17) is 4.74 Å². The molecule has 1 N–H and O–H groups in total. The fraction of sp³-hybridized carbons (Fsp3) is 0.615. The van der Waals surface area contributed by atoms with Crippen LogP contribution in [0.1, 0.15) is 49.5 Å². The van der Waals surface area contributed by atoms with Crippen LogP contribution in [-0.2, 0) is 20.9 Å². The second-order valence-corrected chi connectivity index (χ2v) is 11.3. The standard InChI is InChI=1S/C26H35N5O5/c1-26(2,3)36-25(35)30-14-17(15-30)13-28-8-10-29(11-9-28)19-4-5-20-18(12-19)16-31(24(20)34)21-6-7-22(32)27-23(21)33/h4-5,12,17,21H,6-11,13-16H2,1-3H3,(H,27,32,33). The van der Waals surface area contributed by atoms with Gasteiger partial charge in [-0.3, -0.25) is 24.6 Å². The van der Waals surface area contributed by atoms with Crippen molar-refractivity contribution in [3.63, 3.8) is 0 Å². The smallest absolute Gasteiger partial charge is 0.410 e. The Morgan fingerprint density at radius 1 is 1.08 bits per heavy atom. The molecule has 0 aromatic heterocycles. The molecule has 3 fully saturated rings. The minimum absolute atomic E-state index is 0.142. The average Bonchev–Trinajstić information content (AvgIpc) is 3.10. The largest absolute Gasteiger partial charge is 0.444 e. The van der Waals surface area contributed by atoms with E-state index in [1.807, 2.05) is 32.9 Å². The van der Waals surface area contributed by atoms with Crippen LogP contribution in [0.2, 0.25) is 0 Å². The maximum atomic E-state index is 12.9. The number of carbonyl (C=O) groups is 4. The first-order valence-electron chi connectivity index (χ1n) is 12.8. The summed E-state index contributed by atoms with van der Waals surface area (Å²) < 4.78 is 5.44. The molecular formula is C26H35N5O5. The van der Waals surface area contributed by atoms with Crippen molar-refractivity contribution in [2.45, 2.75) is 51.8 Å². The van der Waals surface area contributed by atoms with E-state index in [1.165, 1.54) is 0 Å². The first-order valence-corrected chi connectivity index (χ1v) is 12.8. The molecule has 1 aromatic carbocycles. The molecule has 5 rings (SSSR count). The summed E-state index contributed by atoms with van der Waals surface area (Å²) in [6.07, 6.45) is 0.400. The zero-order chi connectivity index (χ0) is 25.6. The summed E-state index contributed by atoms with van der Waals surface area (Å²) >= 11 is 0. The number of carbonyl (C=O) groups excluding carboxylic acids is 4. The van der Waals surface area contributed by atoms with Crippen molar-refractivity contribution in [1.82, 2.24) is 20.0 Å². The van der Waals surface area contributed by atoms with Gasteiger partial charge in [-0.1, -0.05) is 0 Å². The molecule has 1 atom stereocenters. The Morgan fingerprint density at radius 2 is 1.81 bits per heavy atom. The van der Waals surface area contributed by atoms with Crippen LogP contribution >= 0.6 is 0 Å². The molecule has 10 nitrogen and oxygen atoms in total. The van der Waals surface area contributed by atoms with E-state index in [2.05, 4.69) is 21.2 Å². The quantitative estimate of drug-likeness (QED) is 0.628. The number of benzene rings is 1. The Kier molecular flexibility index (Phi) is 6.40. The average molecular weight is 498 g/mol. The van der Waals surface area contributed by atoms with Crippen LogP contribution in [0.25, 0.3) is 0 Å². The van der Waals surface area contributed by atoms with Gasteiger partial charge in [0.15, 0.2) is 0 Å². The van der Waals surface area contributed by atoms with Gasteiger partial charge in [0, 0.05) is 75.9 Å². The SMILES string of the molecule is CC(C)(C)OC(=O)N1CC(CN2CCN(c3ccc4c(c3)CN(C3CCC(=O)NC3=O)C4=O)CC2)C1. The van der Waals surface area contributed by atoms with E-state index in [1.54, 1.807) is 9.80 Å². The second kappa shape index (κ2) is 9.38. The Balaban J connectivity index is 1.11. The van der Waals surface area contributed by atoms with Gasteiger partial charge in [0.25, 0.3) is 5.91 Å². The topological polar surface area (TPSA) is 102 Å². The van der Waals surface area contributed by atoms with Gasteiger partial charge in [-0.25, -0.2) is 4.79 Å². The number of hydrogen-bond donors (Lipinski definition) is 1. The highest BCUT2D eigenvalue weighted by atomic mass is 16.6. The molecule has 36 heavy (non-hydrogen) atoms. The predicted molar refractivity (Wildman–Crippen MR) is 132 cm³/mol.